The normalized spacial score (nSPS) is 19.5. The molecule has 0 bridgehead atoms. The number of aliphatic hydroxyl groups is 1. The highest BCUT2D eigenvalue weighted by molar-refractivity contribution is 6.10. The van der Waals surface area contributed by atoms with Crippen LogP contribution < -0.4 is 10.2 Å². The fraction of sp³-hybridized carbons (Fsp3) is 0.481. The highest BCUT2D eigenvalue weighted by atomic mass is 19.1. The fourth-order valence-electron chi connectivity index (χ4n) is 5.42. The third-order valence-corrected chi connectivity index (χ3v) is 8.00. The van der Waals surface area contributed by atoms with Gasteiger partial charge in [0, 0.05) is 43.0 Å². The summed E-state index contributed by atoms with van der Waals surface area (Å²) in [6, 6.07) is 5.36. The predicted molar refractivity (Wildman–Crippen MR) is 138 cm³/mol. The molecular weight excluding hydrogens is 491 g/mol. The molecule has 1 aromatic carbocycles. The van der Waals surface area contributed by atoms with Gasteiger partial charge in [-0.1, -0.05) is 0 Å². The first-order valence-corrected chi connectivity index (χ1v) is 12.9. The van der Waals surface area contributed by atoms with E-state index in [-0.39, 0.29) is 30.3 Å². The van der Waals surface area contributed by atoms with Gasteiger partial charge < -0.3 is 25.0 Å². The number of rotatable bonds is 6. The highest BCUT2D eigenvalue weighted by Crippen LogP contribution is 2.42. The first-order chi connectivity index (χ1) is 18.1. The largest absolute Gasteiger partial charge is 0.387 e. The van der Waals surface area contributed by atoms with Crippen molar-refractivity contribution >= 4 is 28.8 Å². The second-order valence-electron chi connectivity index (χ2n) is 11.2. The standard InChI is InChI=1S/C27H31FN6O4/c1-26(2,37)22(28)14-33-13-17-10-20(31-24(35)19-12-30-34-7-3-6-29-23(19)34)21(11-18(17)25(33)36)32-8-4-27(5-9-32)15-38-16-27/h3,6-7,10-12,22,37H,4-5,8-9,13-16H2,1-2H3,(H,31,35). The lowest BCUT2D eigenvalue weighted by molar-refractivity contribution is -0.124. The van der Waals surface area contributed by atoms with E-state index in [1.807, 2.05) is 12.1 Å². The Morgan fingerprint density at radius 3 is 2.74 bits per heavy atom. The Balaban J connectivity index is 1.32. The van der Waals surface area contributed by atoms with Gasteiger partial charge in [-0.3, -0.25) is 9.59 Å². The number of fused-ring (bicyclic) bond motifs is 2. The van der Waals surface area contributed by atoms with Crippen LogP contribution in [0.1, 0.15) is 53.0 Å². The number of alkyl halides is 1. The van der Waals surface area contributed by atoms with Gasteiger partial charge in [0.05, 0.1) is 42.9 Å². The molecule has 0 radical (unpaired) electrons. The van der Waals surface area contributed by atoms with E-state index in [9.17, 15) is 19.1 Å². The lowest BCUT2D eigenvalue weighted by atomic mass is 9.76. The van der Waals surface area contributed by atoms with E-state index in [1.54, 1.807) is 18.5 Å². The summed E-state index contributed by atoms with van der Waals surface area (Å²) in [6.07, 6.45) is 5.14. The molecule has 2 saturated heterocycles. The Bertz CT molecular complexity index is 1400. The molecule has 6 rings (SSSR count). The number of halogens is 1. The van der Waals surface area contributed by atoms with Crippen LogP contribution in [0.25, 0.3) is 5.65 Å². The number of nitrogens with zero attached hydrogens (tertiary/aromatic N) is 5. The molecule has 1 atom stereocenters. The van der Waals surface area contributed by atoms with Crippen molar-refractivity contribution in [3.8, 4) is 0 Å². The number of aromatic nitrogens is 3. The third kappa shape index (κ3) is 4.29. The van der Waals surface area contributed by atoms with Crippen molar-refractivity contribution in [2.75, 3.05) is 43.1 Å². The van der Waals surface area contributed by atoms with E-state index in [0.717, 1.165) is 44.8 Å². The number of carbonyl (C=O) groups is 2. The molecule has 2 N–H and O–H groups in total. The number of ether oxygens (including phenoxy) is 1. The summed E-state index contributed by atoms with van der Waals surface area (Å²) < 4.78 is 21.6. The van der Waals surface area contributed by atoms with Crippen molar-refractivity contribution in [3.63, 3.8) is 0 Å². The smallest absolute Gasteiger partial charge is 0.261 e. The maximum Gasteiger partial charge on any atom is 0.261 e. The van der Waals surface area contributed by atoms with Crippen LogP contribution in [-0.4, -0.2) is 81.0 Å². The minimum Gasteiger partial charge on any atom is -0.387 e. The van der Waals surface area contributed by atoms with Gasteiger partial charge in [0.25, 0.3) is 11.8 Å². The molecule has 0 saturated carbocycles. The van der Waals surface area contributed by atoms with Crippen LogP contribution in [0.3, 0.4) is 0 Å². The van der Waals surface area contributed by atoms with Gasteiger partial charge in [-0.05, 0) is 50.5 Å². The Labute approximate surface area is 219 Å². The summed E-state index contributed by atoms with van der Waals surface area (Å²) in [4.78, 5) is 34.5. The van der Waals surface area contributed by atoms with Crippen molar-refractivity contribution in [1.29, 1.82) is 0 Å². The van der Waals surface area contributed by atoms with Gasteiger partial charge in [-0.15, -0.1) is 0 Å². The van der Waals surface area contributed by atoms with E-state index in [1.165, 1.54) is 29.5 Å². The molecule has 3 aliphatic rings. The summed E-state index contributed by atoms with van der Waals surface area (Å²) in [5, 5.41) is 17.3. The Morgan fingerprint density at radius 2 is 2.05 bits per heavy atom. The lowest BCUT2D eigenvalue weighted by Crippen LogP contribution is -2.51. The summed E-state index contributed by atoms with van der Waals surface area (Å²) in [5.74, 6) is -0.633. The molecule has 11 heteroatoms. The summed E-state index contributed by atoms with van der Waals surface area (Å²) in [6.45, 7) is 5.86. The van der Waals surface area contributed by atoms with Crippen molar-refractivity contribution in [1.82, 2.24) is 19.5 Å². The number of benzene rings is 1. The SMILES string of the molecule is CC(C)(O)C(F)CN1Cc2cc(NC(=O)c3cnn4cccnc34)c(N3CCC4(CC3)COC4)cc2C1=O. The Hall–Kier alpha value is -3.57. The molecule has 3 aliphatic heterocycles. The quantitative estimate of drug-likeness (QED) is 0.512. The summed E-state index contributed by atoms with van der Waals surface area (Å²) in [5.41, 5.74) is 1.98. The van der Waals surface area contributed by atoms with Crippen molar-refractivity contribution in [2.24, 2.45) is 5.41 Å². The minimum absolute atomic E-state index is 0.201. The number of piperidine rings is 1. The maximum absolute atomic E-state index is 14.6. The minimum atomic E-state index is -1.59. The van der Waals surface area contributed by atoms with E-state index in [2.05, 4.69) is 20.3 Å². The molecule has 10 nitrogen and oxygen atoms in total. The Morgan fingerprint density at radius 1 is 1.29 bits per heavy atom. The number of nitrogens with one attached hydrogen (secondary N) is 1. The van der Waals surface area contributed by atoms with Crippen molar-refractivity contribution in [3.05, 3.63) is 53.5 Å². The number of anilines is 2. The zero-order valence-electron chi connectivity index (χ0n) is 21.5. The molecule has 1 spiro atoms. The topological polar surface area (TPSA) is 112 Å². The lowest BCUT2D eigenvalue weighted by Gasteiger charge is -2.48. The van der Waals surface area contributed by atoms with Gasteiger partial charge in [-0.25, -0.2) is 13.9 Å². The highest BCUT2D eigenvalue weighted by Gasteiger charge is 2.42. The van der Waals surface area contributed by atoms with Gasteiger partial charge in [0.15, 0.2) is 5.65 Å². The molecule has 2 amide bonds. The number of carbonyl (C=O) groups excluding carboxylic acids is 2. The zero-order chi connectivity index (χ0) is 26.7. The number of hydrogen-bond donors (Lipinski definition) is 2. The molecule has 0 aliphatic carbocycles. The van der Waals surface area contributed by atoms with Crippen LogP contribution in [0, 0.1) is 5.41 Å². The summed E-state index contributed by atoms with van der Waals surface area (Å²) in [7, 11) is 0. The molecule has 2 aromatic heterocycles. The summed E-state index contributed by atoms with van der Waals surface area (Å²) >= 11 is 0. The molecule has 38 heavy (non-hydrogen) atoms. The fourth-order valence-corrected chi connectivity index (χ4v) is 5.42. The van der Waals surface area contributed by atoms with Crippen LogP contribution in [0.4, 0.5) is 15.8 Å². The average Bonchev–Trinajstić information content (AvgIpc) is 3.43. The van der Waals surface area contributed by atoms with Crippen LogP contribution in [0.15, 0.2) is 36.8 Å². The first-order valence-electron chi connectivity index (χ1n) is 12.9. The monoisotopic (exact) mass is 522 g/mol. The van der Waals surface area contributed by atoms with Gasteiger partial charge >= 0.3 is 0 Å². The van der Waals surface area contributed by atoms with Crippen LogP contribution in [0.2, 0.25) is 0 Å². The Kier molecular flexibility index (Phi) is 5.88. The third-order valence-electron chi connectivity index (χ3n) is 8.00. The van der Waals surface area contributed by atoms with Crippen LogP contribution in [0.5, 0.6) is 0 Å². The predicted octanol–water partition coefficient (Wildman–Crippen LogP) is 2.66. The van der Waals surface area contributed by atoms with Gasteiger partial charge in [0.2, 0.25) is 0 Å². The molecule has 1 unspecified atom stereocenters. The second kappa shape index (κ2) is 9.02. The average molecular weight is 523 g/mol. The van der Waals surface area contributed by atoms with E-state index >= 15 is 0 Å². The zero-order valence-corrected chi connectivity index (χ0v) is 21.5. The van der Waals surface area contributed by atoms with E-state index in [4.69, 9.17) is 4.74 Å². The first kappa shape index (κ1) is 24.7. The van der Waals surface area contributed by atoms with E-state index in [0.29, 0.717) is 28.0 Å². The molecule has 2 fully saturated rings. The van der Waals surface area contributed by atoms with Gasteiger partial charge in [-0.2, -0.15) is 5.10 Å². The van der Waals surface area contributed by atoms with Crippen molar-refractivity contribution in [2.45, 2.75) is 45.0 Å². The molecule has 5 heterocycles. The second-order valence-corrected chi connectivity index (χ2v) is 11.2. The van der Waals surface area contributed by atoms with Crippen molar-refractivity contribution < 1.29 is 23.8 Å². The maximum atomic E-state index is 14.6. The molecular formula is C27H31FN6O4. The van der Waals surface area contributed by atoms with Crippen LogP contribution >= 0.6 is 0 Å². The molecule has 3 aromatic rings. The molecule has 200 valence electrons. The van der Waals surface area contributed by atoms with Gasteiger partial charge in [0.1, 0.15) is 11.7 Å². The van der Waals surface area contributed by atoms with E-state index < -0.39 is 11.8 Å². The number of amides is 2. The number of hydrogen-bond acceptors (Lipinski definition) is 7. The van der Waals surface area contributed by atoms with Crippen LogP contribution in [-0.2, 0) is 11.3 Å².